The van der Waals surface area contributed by atoms with Crippen LogP contribution in [-0.4, -0.2) is 30.0 Å². The number of aliphatic hydroxyl groups excluding tert-OH is 1. The van der Waals surface area contributed by atoms with Crippen LogP contribution in [0.4, 0.5) is 0 Å². The smallest absolute Gasteiger partial charge is 0.323 e. The number of aliphatic hydroxyl groups is 1. The molecule has 1 aliphatic rings. The van der Waals surface area contributed by atoms with E-state index in [9.17, 15) is 4.79 Å². The first-order chi connectivity index (χ1) is 5.24. The van der Waals surface area contributed by atoms with Crippen LogP contribution in [0.1, 0.15) is 19.8 Å². The van der Waals surface area contributed by atoms with E-state index in [-0.39, 0.29) is 12.0 Å². The Balaban J connectivity index is 2.31. The van der Waals surface area contributed by atoms with Crippen LogP contribution >= 0.6 is 0 Å². The van der Waals surface area contributed by atoms with Crippen LogP contribution < -0.4 is 5.32 Å². The summed E-state index contributed by atoms with van der Waals surface area (Å²) in [7, 11) is 0. The molecule has 64 valence electrons. The average Bonchev–Trinajstić information content (AvgIpc) is 2.36. The van der Waals surface area contributed by atoms with Gasteiger partial charge in [0.15, 0.2) is 0 Å². The van der Waals surface area contributed by atoms with Gasteiger partial charge in [0.2, 0.25) is 0 Å². The fourth-order valence-electron chi connectivity index (χ4n) is 1.15. The van der Waals surface area contributed by atoms with Crippen LogP contribution in [0.15, 0.2) is 0 Å². The highest BCUT2D eigenvalue weighted by Gasteiger charge is 2.28. The van der Waals surface area contributed by atoms with Crippen LogP contribution in [0.25, 0.3) is 0 Å². The fraction of sp³-hybridized carbons (Fsp3) is 0.857. The second-order valence-corrected chi connectivity index (χ2v) is 2.56. The average molecular weight is 159 g/mol. The third kappa shape index (κ3) is 2.17. The van der Waals surface area contributed by atoms with Gasteiger partial charge in [0.25, 0.3) is 0 Å². The van der Waals surface area contributed by atoms with Crippen molar-refractivity contribution >= 4 is 5.97 Å². The maximum absolute atomic E-state index is 11.0. The summed E-state index contributed by atoms with van der Waals surface area (Å²) in [6, 6.07) is -0.301. The molecule has 1 heterocycles. The Hall–Kier alpha value is -0.610. The SMILES string of the molecule is CCOC(=O)[C@@H]1CCC(O)N1. The molecule has 4 nitrogen and oxygen atoms in total. The van der Waals surface area contributed by atoms with Crippen molar-refractivity contribution in [2.75, 3.05) is 6.61 Å². The Kier molecular flexibility index (Phi) is 2.84. The zero-order valence-electron chi connectivity index (χ0n) is 6.54. The predicted molar refractivity (Wildman–Crippen MR) is 38.8 cm³/mol. The van der Waals surface area contributed by atoms with Crippen molar-refractivity contribution < 1.29 is 14.6 Å². The molecule has 2 N–H and O–H groups in total. The minimum absolute atomic E-state index is 0.260. The van der Waals surface area contributed by atoms with E-state index in [0.29, 0.717) is 19.4 Å². The molecular weight excluding hydrogens is 146 g/mol. The highest BCUT2D eigenvalue weighted by Crippen LogP contribution is 2.10. The van der Waals surface area contributed by atoms with Gasteiger partial charge in [0, 0.05) is 0 Å². The van der Waals surface area contributed by atoms with Crippen LogP contribution in [-0.2, 0) is 9.53 Å². The summed E-state index contributed by atoms with van der Waals surface area (Å²) >= 11 is 0. The van der Waals surface area contributed by atoms with Gasteiger partial charge in [-0.1, -0.05) is 0 Å². The Morgan fingerprint density at radius 1 is 1.73 bits per heavy atom. The summed E-state index contributed by atoms with van der Waals surface area (Å²) in [6.45, 7) is 2.16. The van der Waals surface area contributed by atoms with E-state index in [1.807, 2.05) is 0 Å². The van der Waals surface area contributed by atoms with Crippen molar-refractivity contribution in [1.82, 2.24) is 5.32 Å². The second kappa shape index (κ2) is 3.69. The molecule has 1 aliphatic heterocycles. The van der Waals surface area contributed by atoms with E-state index in [4.69, 9.17) is 9.84 Å². The topological polar surface area (TPSA) is 58.6 Å². The zero-order chi connectivity index (χ0) is 8.27. The van der Waals surface area contributed by atoms with Gasteiger partial charge in [0.1, 0.15) is 12.3 Å². The molecule has 0 amide bonds. The van der Waals surface area contributed by atoms with Crippen molar-refractivity contribution in [3.8, 4) is 0 Å². The number of carbonyl (C=O) groups excluding carboxylic acids is 1. The van der Waals surface area contributed by atoms with E-state index in [1.54, 1.807) is 6.92 Å². The largest absolute Gasteiger partial charge is 0.465 e. The summed E-state index contributed by atoms with van der Waals surface area (Å²) in [5, 5.41) is 11.7. The maximum atomic E-state index is 11.0. The summed E-state index contributed by atoms with van der Waals surface area (Å²) in [4.78, 5) is 11.0. The van der Waals surface area contributed by atoms with Gasteiger partial charge in [0.05, 0.1) is 6.61 Å². The predicted octanol–water partition coefficient (Wildman–Crippen LogP) is -0.380. The van der Waals surface area contributed by atoms with Crippen LogP contribution in [0.5, 0.6) is 0 Å². The quantitative estimate of drug-likeness (QED) is 0.539. The van der Waals surface area contributed by atoms with Crippen molar-refractivity contribution in [3.63, 3.8) is 0 Å². The third-order valence-corrected chi connectivity index (χ3v) is 1.69. The number of esters is 1. The normalized spacial score (nSPS) is 30.4. The lowest BCUT2D eigenvalue weighted by molar-refractivity contribution is -0.145. The molecule has 0 aliphatic carbocycles. The Bertz CT molecular complexity index is 149. The minimum Gasteiger partial charge on any atom is -0.465 e. The molecule has 1 unspecified atom stereocenters. The van der Waals surface area contributed by atoms with Crippen molar-refractivity contribution in [1.29, 1.82) is 0 Å². The van der Waals surface area contributed by atoms with Gasteiger partial charge in [-0.15, -0.1) is 0 Å². The molecule has 1 saturated heterocycles. The van der Waals surface area contributed by atoms with Crippen LogP contribution in [0.2, 0.25) is 0 Å². The molecule has 1 fully saturated rings. The Morgan fingerprint density at radius 3 is 2.91 bits per heavy atom. The number of nitrogens with one attached hydrogen (secondary N) is 1. The van der Waals surface area contributed by atoms with Crippen LogP contribution in [0.3, 0.4) is 0 Å². The van der Waals surface area contributed by atoms with Gasteiger partial charge >= 0.3 is 5.97 Å². The van der Waals surface area contributed by atoms with E-state index in [2.05, 4.69) is 5.32 Å². The third-order valence-electron chi connectivity index (χ3n) is 1.69. The van der Waals surface area contributed by atoms with E-state index in [0.717, 1.165) is 0 Å². The highest BCUT2D eigenvalue weighted by atomic mass is 16.5. The lowest BCUT2D eigenvalue weighted by Crippen LogP contribution is -2.36. The van der Waals surface area contributed by atoms with Gasteiger partial charge < -0.3 is 9.84 Å². The number of hydrogen-bond donors (Lipinski definition) is 2. The van der Waals surface area contributed by atoms with E-state index >= 15 is 0 Å². The maximum Gasteiger partial charge on any atom is 0.323 e. The minimum atomic E-state index is -0.538. The molecule has 11 heavy (non-hydrogen) atoms. The lowest BCUT2D eigenvalue weighted by atomic mass is 10.2. The van der Waals surface area contributed by atoms with Gasteiger partial charge in [-0.3, -0.25) is 10.1 Å². The first kappa shape index (κ1) is 8.49. The molecule has 0 aromatic heterocycles. The van der Waals surface area contributed by atoms with Crippen molar-refractivity contribution in [2.45, 2.75) is 32.0 Å². The standard InChI is InChI=1S/C7H13NO3/c1-2-11-7(10)5-3-4-6(9)8-5/h5-6,8-9H,2-4H2,1H3/t5-,6?/m0/s1. The number of carbonyl (C=O) groups is 1. The number of ether oxygens (including phenoxy) is 1. The van der Waals surface area contributed by atoms with Gasteiger partial charge in [-0.2, -0.15) is 0 Å². The van der Waals surface area contributed by atoms with E-state index < -0.39 is 6.23 Å². The monoisotopic (exact) mass is 159 g/mol. The van der Waals surface area contributed by atoms with Crippen molar-refractivity contribution in [2.24, 2.45) is 0 Å². The number of hydrogen-bond acceptors (Lipinski definition) is 4. The molecule has 0 saturated carbocycles. The molecule has 0 aromatic carbocycles. The first-order valence-electron chi connectivity index (χ1n) is 3.84. The first-order valence-corrected chi connectivity index (χ1v) is 3.84. The molecule has 0 spiro atoms. The van der Waals surface area contributed by atoms with E-state index in [1.165, 1.54) is 0 Å². The Labute approximate surface area is 65.5 Å². The molecular formula is C7H13NO3. The fourth-order valence-corrected chi connectivity index (χ4v) is 1.15. The second-order valence-electron chi connectivity index (χ2n) is 2.56. The highest BCUT2D eigenvalue weighted by molar-refractivity contribution is 5.76. The van der Waals surface area contributed by atoms with Crippen LogP contribution in [0, 0.1) is 0 Å². The summed E-state index contributed by atoms with van der Waals surface area (Å²) in [6.07, 6.45) is 0.758. The zero-order valence-corrected chi connectivity index (χ0v) is 6.54. The summed E-state index contributed by atoms with van der Waals surface area (Å²) in [5.41, 5.74) is 0. The summed E-state index contributed by atoms with van der Waals surface area (Å²) < 4.78 is 4.76. The molecule has 0 radical (unpaired) electrons. The molecule has 2 atom stereocenters. The molecule has 1 rings (SSSR count). The van der Waals surface area contributed by atoms with Gasteiger partial charge in [-0.05, 0) is 19.8 Å². The lowest BCUT2D eigenvalue weighted by Gasteiger charge is -2.08. The molecule has 0 bridgehead atoms. The number of rotatable bonds is 2. The van der Waals surface area contributed by atoms with Crippen molar-refractivity contribution in [3.05, 3.63) is 0 Å². The van der Waals surface area contributed by atoms with Gasteiger partial charge in [-0.25, -0.2) is 0 Å². The molecule has 4 heteroatoms. The Morgan fingerprint density at radius 2 is 2.45 bits per heavy atom. The molecule has 0 aromatic rings. The summed E-state index contributed by atoms with van der Waals surface area (Å²) in [5.74, 6) is -0.260.